The number of nitrogens with zero attached hydrogens (tertiary/aromatic N) is 2. The van der Waals surface area contributed by atoms with E-state index in [1.54, 1.807) is 0 Å². The highest BCUT2D eigenvalue weighted by Crippen LogP contribution is 2.46. The first-order valence-corrected chi connectivity index (χ1v) is 25.7. The van der Waals surface area contributed by atoms with Gasteiger partial charge in [-0.2, -0.15) is 0 Å². The van der Waals surface area contributed by atoms with Gasteiger partial charge in [-0.25, -0.2) is 0 Å². The second-order valence-electron chi connectivity index (χ2n) is 18.5. The van der Waals surface area contributed by atoms with E-state index in [9.17, 15) is 0 Å². The minimum Gasteiger partial charge on any atom is -0.310 e. The first-order valence-electron chi connectivity index (χ1n) is 24.9. The van der Waals surface area contributed by atoms with Crippen LogP contribution in [0.4, 0.5) is 34.1 Å². The van der Waals surface area contributed by atoms with Gasteiger partial charge in [-0.3, -0.25) is 0 Å². The molecular weight excluding hydrogens is 901 g/mol. The predicted molar refractivity (Wildman–Crippen MR) is 313 cm³/mol. The molecule has 13 rings (SSSR count). The molecule has 0 bridgehead atoms. The first-order chi connectivity index (χ1) is 36.2. The van der Waals surface area contributed by atoms with Crippen molar-refractivity contribution in [1.29, 1.82) is 0 Å². The van der Waals surface area contributed by atoms with Gasteiger partial charge >= 0.3 is 0 Å². The third kappa shape index (κ3) is 8.63. The van der Waals surface area contributed by atoms with E-state index in [4.69, 9.17) is 0 Å². The number of rotatable bonds is 11. The van der Waals surface area contributed by atoms with Crippen molar-refractivity contribution in [2.45, 2.75) is 0 Å². The molecule has 0 aliphatic rings. The normalized spacial score (nSPS) is 11.3. The lowest BCUT2D eigenvalue weighted by molar-refractivity contribution is 1.28. The molecule has 0 radical (unpaired) electrons. The van der Waals surface area contributed by atoms with Crippen LogP contribution in [0.5, 0.6) is 0 Å². The Morgan fingerprint density at radius 3 is 1.32 bits per heavy atom. The highest BCUT2D eigenvalue weighted by atomic mass is 32.1. The van der Waals surface area contributed by atoms with Gasteiger partial charge in [-0.05, 0) is 140 Å². The molecule has 0 unspecified atom stereocenters. The topological polar surface area (TPSA) is 6.48 Å². The first kappa shape index (κ1) is 43.7. The Kier molecular flexibility index (Phi) is 11.5. The van der Waals surface area contributed by atoms with E-state index in [0.29, 0.717) is 0 Å². The van der Waals surface area contributed by atoms with Crippen molar-refractivity contribution >= 4 is 76.4 Å². The zero-order valence-corrected chi connectivity index (χ0v) is 40.8. The largest absolute Gasteiger partial charge is 0.310 e. The van der Waals surface area contributed by atoms with Gasteiger partial charge in [0.15, 0.2) is 0 Å². The summed E-state index contributed by atoms with van der Waals surface area (Å²) in [6, 6.07) is 106. The average molecular weight is 949 g/mol. The van der Waals surface area contributed by atoms with Gasteiger partial charge < -0.3 is 9.80 Å². The van der Waals surface area contributed by atoms with Crippen LogP contribution in [-0.4, -0.2) is 0 Å². The van der Waals surface area contributed by atoms with E-state index in [1.165, 1.54) is 69.9 Å². The van der Waals surface area contributed by atoms with Crippen LogP contribution in [0.25, 0.3) is 86.6 Å². The van der Waals surface area contributed by atoms with Crippen LogP contribution in [0.2, 0.25) is 0 Å². The van der Waals surface area contributed by atoms with Gasteiger partial charge in [0.25, 0.3) is 0 Å². The Labute approximate surface area is 430 Å². The molecular formula is C70H48N2S. The van der Waals surface area contributed by atoms with E-state index in [0.717, 1.165) is 50.8 Å². The standard InChI is InChI=1S/C70H48N2S/c1-3-16-49(17-4-1)51-32-34-52(35-33-51)53-38-40-60(41-39-53)71(62-26-14-24-58(46-62)59-37-36-50-18-7-8-21-55(50)44-59)61-25-13-22-56(45-61)57-23-15-27-63(47-57)72(68-30-11-9-28-65(68)54-19-5-2-6-20-54)64-42-43-67-66-29-10-12-31-69(66)73-70(67)48-64/h1-48H. The third-order valence-corrected chi connectivity index (χ3v) is 15.2. The minimum atomic E-state index is 1.07. The van der Waals surface area contributed by atoms with E-state index in [2.05, 4.69) is 301 Å². The second-order valence-corrected chi connectivity index (χ2v) is 19.6. The minimum absolute atomic E-state index is 1.07. The Bertz CT molecular complexity index is 4080. The fourth-order valence-electron chi connectivity index (χ4n) is 10.4. The van der Waals surface area contributed by atoms with Crippen molar-refractivity contribution in [3.8, 4) is 55.6 Å². The van der Waals surface area contributed by atoms with E-state index < -0.39 is 0 Å². The van der Waals surface area contributed by atoms with Crippen LogP contribution in [0.3, 0.4) is 0 Å². The van der Waals surface area contributed by atoms with Crippen molar-refractivity contribution in [2.75, 3.05) is 9.80 Å². The molecule has 2 nitrogen and oxygen atoms in total. The number of anilines is 6. The molecule has 0 N–H and O–H groups in total. The van der Waals surface area contributed by atoms with Gasteiger partial charge in [0.2, 0.25) is 0 Å². The highest BCUT2D eigenvalue weighted by Gasteiger charge is 2.20. The summed E-state index contributed by atoms with van der Waals surface area (Å²) in [5, 5.41) is 5.05. The van der Waals surface area contributed by atoms with E-state index in [-0.39, 0.29) is 0 Å². The summed E-state index contributed by atoms with van der Waals surface area (Å²) in [6.45, 7) is 0. The molecule has 0 aliphatic carbocycles. The monoisotopic (exact) mass is 948 g/mol. The smallest absolute Gasteiger partial charge is 0.0540 e. The number of fused-ring (bicyclic) bond motifs is 4. The Balaban J connectivity index is 0.912. The van der Waals surface area contributed by atoms with Crippen molar-refractivity contribution in [1.82, 2.24) is 0 Å². The molecule has 1 heterocycles. The summed E-state index contributed by atoms with van der Waals surface area (Å²) in [7, 11) is 0. The molecule has 13 aromatic rings. The zero-order valence-electron chi connectivity index (χ0n) is 40.0. The Morgan fingerprint density at radius 2 is 0.658 bits per heavy atom. The fourth-order valence-corrected chi connectivity index (χ4v) is 11.5. The molecule has 0 aliphatic heterocycles. The molecule has 73 heavy (non-hydrogen) atoms. The van der Waals surface area contributed by atoms with Crippen LogP contribution in [0.1, 0.15) is 0 Å². The maximum atomic E-state index is 2.43. The van der Waals surface area contributed by atoms with Crippen LogP contribution >= 0.6 is 11.3 Å². The van der Waals surface area contributed by atoms with Crippen molar-refractivity contribution in [3.63, 3.8) is 0 Å². The van der Waals surface area contributed by atoms with Crippen molar-refractivity contribution < 1.29 is 0 Å². The molecule has 0 fully saturated rings. The summed E-state index contributed by atoms with van der Waals surface area (Å²) in [4.78, 5) is 4.82. The molecule has 0 saturated carbocycles. The van der Waals surface area contributed by atoms with Gasteiger partial charge in [0.05, 0.1) is 5.69 Å². The number of hydrogen-bond donors (Lipinski definition) is 0. The number of thiophene rings is 1. The second kappa shape index (κ2) is 19.1. The SMILES string of the molecule is c1ccc(-c2ccc(-c3ccc(N(c4cccc(-c5cccc(N(c6ccc7c(c6)sc6ccccc67)c6ccccc6-c6ccccc6)c5)c4)c4cccc(-c5ccc6ccccc6c5)c4)cc3)cc2)cc1. The van der Waals surface area contributed by atoms with E-state index >= 15 is 0 Å². The fraction of sp³-hybridized carbons (Fsp3) is 0. The van der Waals surface area contributed by atoms with Gasteiger partial charge in [-0.15, -0.1) is 11.3 Å². The molecule has 0 atom stereocenters. The predicted octanol–water partition coefficient (Wildman–Crippen LogP) is 20.5. The number of benzene rings is 12. The molecule has 3 heteroatoms. The van der Waals surface area contributed by atoms with Crippen LogP contribution < -0.4 is 9.80 Å². The van der Waals surface area contributed by atoms with Gasteiger partial charge in [0, 0.05) is 54.2 Å². The van der Waals surface area contributed by atoms with Crippen molar-refractivity contribution in [3.05, 3.63) is 291 Å². The molecule has 12 aromatic carbocycles. The highest BCUT2D eigenvalue weighted by molar-refractivity contribution is 7.25. The van der Waals surface area contributed by atoms with Crippen LogP contribution in [0, 0.1) is 0 Å². The lowest BCUT2D eigenvalue weighted by Crippen LogP contribution is -2.11. The summed E-state index contributed by atoms with van der Waals surface area (Å²) >= 11 is 1.85. The quantitative estimate of drug-likeness (QED) is 0.127. The van der Waals surface area contributed by atoms with Crippen LogP contribution in [0.15, 0.2) is 291 Å². The molecule has 0 amide bonds. The van der Waals surface area contributed by atoms with Gasteiger partial charge in [-0.1, -0.05) is 212 Å². The average Bonchev–Trinajstić information content (AvgIpc) is 3.84. The number of hydrogen-bond acceptors (Lipinski definition) is 3. The summed E-state index contributed by atoms with van der Waals surface area (Å²) in [5.41, 5.74) is 18.3. The summed E-state index contributed by atoms with van der Waals surface area (Å²) in [5.74, 6) is 0. The summed E-state index contributed by atoms with van der Waals surface area (Å²) < 4.78 is 2.57. The lowest BCUT2D eigenvalue weighted by atomic mass is 9.99. The Morgan fingerprint density at radius 1 is 0.219 bits per heavy atom. The Hall–Kier alpha value is -9.28. The van der Waals surface area contributed by atoms with Crippen molar-refractivity contribution in [2.24, 2.45) is 0 Å². The van der Waals surface area contributed by atoms with Crippen LogP contribution in [-0.2, 0) is 0 Å². The molecule has 0 spiro atoms. The molecule has 344 valence electrons. The maximum Gasteiger partial charge on any atom is 0.0540 e. The third-order valence-electron chi connectivity index (χ3n) is 14.0. The number of para-hydroxylation sites is 1. The lowest BCUT2D eigenvalue weighted by Gasteiger charge is -2.29. The maximum absolute atomic E-state index is 2.43. The zero-order chi connectivity index (χ0) is 48.5. The summed E-state index contributed by atoms with van der Waals surface area (Å²) in [6.07, 6.45) is 0. The molecule has 1 aromatic heterocycles. The van der Waals surface area contributed by atoms with E-state index in [1.807, 2.05) is 11.3 Å². The molecule has 0 saturated heterocycles. The van der Waals surface area contributed by atoms with Gasteiger partial charge in [0.1, 0.15) is 0 Å².